The Kier molecular flexibility index (Phi) is 2.41. The van der Waals surface area contributed by atoms with Crippen molar-refractivity contribution >= 4 is 15.7 Å². The third-order valence-corrected chi connectivity index (χ3v) is 4.47. The summed E-state index contributed by atoms with van der Waals surface area (Å²) in [7, 11) is -3.14. The lowest BCUT2D eigenvalue weighted by Gasteiger charge is -2.13. The largest absolute Gasteiger partial charge is 0.340 e. The minimum absolute atomic E-state index is 0.163. The number of rotatable bonds is 2. The molecule has 1 fully saturated rings. The van der Waals surface area contributed by atoms with E-state index >= 15 is 0 Å². The molecule has 0 aromatic carbocycles. The van der Waals surface area contributed by atoms with Crippen molar-refractivity contribution in [3.63, 3.8) is 0 Å². The molecule has 1 unspecified atom stereocenters. The van der Waals surface area contributed by atoms with Crippen LogP contribution in [0.25, 0.3) is 0 Å². The summed E-state index contributed by atoms with van der Waals surface area (Å²) in [4.78, 5) is 10.7. The van der Waals surface area contributed by atoms with Gasteiger partial charge in [-0.3, -0.25) is 4.79 Å². The summed E-state index contributed by atoms with van der Waals surface area (Å²) < 4.78 is 22.9. The van der Waals surface area contributed by atoms with Crippen LogP contribution in [0.5, 0.6) is 0 Å². The fourth-order valence-electron chi connectivity index (χ4n) is 1.16. The summed E-state index contributed by atoms with van der Waals surface area (Å²) >= 11 is 0. The zero-order chi connectivity index (χ0) is 9.35. The van der Waals surface area contributed by atoms with Gasteiger partial charge in [0.1, 0.15) is 5.37 Å². The van der Waals surface area contributed by atoms with Crippen molar-refractivity contribution in [2.24, 2.45) is 0 Å². The molecular formula is C7H13NO3S. The first kappa shape index (κ1) is 9.51. The normalized spacial score (nSPS) is 24.6. The molecule has 1 N–H and O–H groups in total. The zero-order valence-electron chi connectivity index (χ0n) is 7.20. The van der Waals surface area contributed by atoms with Crippen LogP contribution in [0, 0.1) is 0 Å². The molecule has 0 aromatic rings. The van der Waals surface area contributed by atoms with Crippen molar-refractivity contribution in [1.29, 1.82) is 0 Å². The number of hydrogen-bond acceptors (Lipinski definition) is 3. The number of nitrogens with one attached hydrogen (secondary N) is 1. The Balaban J connectivity index is 2.78. The van der Waals surface area contributed by atoms with Crippen molar-refractivity contribution in [3.05, 3.63) is 0 Å². The fourth-order valence-corrected chi connectivity index (χ4v) is 2.56. The Bertz CT molecular complexity index is 281. The van der Waals surface area contributed by atoms with E-state index in [2.05, 4.69) is 5.32 Å². The van der Waals surface area contributed by atoms with E-state index in [1.54, 1.807) is 13.8 Å². The van der Waals surface area contributed by atoms with Crippen molar-refractivity contribution in [2.45, 2.75) is 37.3 Å². The minimum Gasteiger partial charge on any atom is -0.340 e. The highest BCUT2D eigenvalue weighted by Crippen LogP contribution is 2.16. The molecule has 0 saturated carbocycles. The molecule has 0 aromatic heterocycles. The number of carbonyl (C=O) groups excluding carboxylic acids is 1. The van der Waals surface area contributed by atoms with Gasteiger partial charge in [-0.1, -0.05) is 0 Å². The molecule has 0 aliphatic carbocycles. The van der Waals surface area contributed by atoms with Gasteiger partial charge in [0.05, 0.1) is 5.25 Å². The molecule has 0 spiro atoms. The van der Waals surface area contributed by atoms with Gasteiger partial charge in [-0.2, -0.15) is 0 Å². The average Bonchev–Trinajstić information content (AvgIpc) is 2.35. The molecular weight excluding hydrogens is 178 g/mol. The first-order valence-electron chi connectivity index (χ1n) is 3.96. The second-order valence-electron chi connectivity index (χ2n) is 3.23. The highest BCUT2D eigenvalue weighted by atomic mass is 32.2. The maximum Gasteiger partial charge on any atom is 0.221 e. The molecule has 1 saturated heterocycles. The monoisotopic (exact) mass is 191 g/mol. The molecule has 0 bridgehead atoms. The summed E-state index contributed by atoms with van der Waals surface area (Å²) in [5, 5.41) is 1.38. The van der Waals surface area contributed by atoms with Crippen molar-refractivity contribution in [3.8, 4) is 0 Å². The molecule has 70 valence electrons. The molecule has 1 heterocycles. The first-order valence-corrected chi connectivity index (χ1v) is 5.57. The average molecular weight is 191 g/mol. The maximum absolute atomic E-state index is 11.5. The lowest BCUT2D eigenvalue weighted by molar-refractivity contribution is -0.119. The van der Waals surface area contributed by atoms with Crippen LogP contribution < -0.4 is 5.32 Å². The Hall–Kier alpha value is -0.580. The first-order chi connectivity index (χ1) is 5.44. The highest BCUT2D eigenvalue weighted by molar-refractivity contribution is 7.92. The van der Waals surface area contributed by atoms with Gasteiger partial charge >= 0.3 is 0 Å². The predicted octanol–water partition coefficient (Wildman–Crippen LogP) is 0.0457. The van der Waals surface area contributed by atoms with Crippen molar-refractivity contribution in [2.75, 3.05) is 0 Å². The van der Waals surface area contributed by atoms with E-state index in [4.69, 9.17) is 0 Å². The molecule has 1 amide bonds. The van der Waals surface area contributed by atoms with E-state index in [9.17, 15) is 13.2 Å². The Morgan fingerprint density at radius 2 is 2.08 bits per heavy atom. The molecule has 1 atom stereocenters. The van der Waals surface area contributed by atoms with E-state index in [-0.39, 0.29) is 5.91 Å². The molecule has 1 rings (SSSR count). The smallest absolute Gasteiger partial charge is 0.221 e. The van der Waals surface area contributed by atoms with E-state index in [0.717, 1.165) is 0 Å². The summed E-state index contributed by atoms with van der Waals surface area (Å²) in [6.45, 7) is 3.25. The van der Waals surface area contributed by atoms with Crippen LogP contribution in [0.4, 0.5) is 0 Å². The Morgan fingerprint density at radius 3 is 2.42 bits per heavy atom. The minimum atomic E-state index is -3.14. The number of hydrogen-bond donors (Lipinski definition) is 1. The van der Waals surface area contributed by atoms with E-state index < -0.39 is 20.5 Å². The third kappa shape index (κ3) is 1.60. The molecule has 1 aliphatic rings. The van der Waals surface area contributed by atoms with E-state index in [1.165, 1.54) is 0 Å². The van der Waals surface area contributed by atoms with Gasteiger partial charge in [0.15, 0.2) is 9.84 Å². The standard InChI is InChI=1S/C7H13NO3S/c1-5(2)12(10,11)7-4-3-6(9)8-7/h5,7H,3-4H2,1-2H3,(H,8,9). The quantitative estimate of drug-likeness (QED) is 0.670. The summed E-state index contributed by atoms with van der Waals surface area (Å²) in [6, 6.07) is 0. The summed E-state index contributed by atoms with van der Waals surface area (Å²) in [5.41, 5.74) is 0. The van der Waals surface area contributed by atoms with Crippen molar-refractivity contribution in [1.82, 2.24) is 5.32 Å². The zero-order valence-corrected chi connectivity index (χ0v) is 8.02. The molecule has 4 nitrogen and oxygen atoms in total. The lowest BCUT2D eigenvalue weighted by Crippen LogP contribution is -2.37. The van der Waals surface area contributed by atoms with Gasteiger partial charge in [-0.25, -0.2) is 8.42 Å². The van der Waals surface area contributed by atoms with E-state index in [1.807, 2.05) is 0 Å². The van der Waals surface area contributed by atoms with Crippen LogP contribution in [0.1, 0.15) is 26.7 Å². The SMILES string of the molecule is CC(C)S(=O)(=O)C1CCC(=O)N1. The fraction of sp³-hybridized carbons (Fsp3) is 0.857. The number of carbonyl (C=O) groups is 1. The van der Waals surface area contributed by atoms with Crippen LogP contribution in [0.15, 0.2) is 0 Å². The number of amides is 1. The van der Waals surface area contributed by atoms with Gasteiger partial charge in [0, 0.05) is 6.42 Å². The predicted molar refractivity (Wildman–Crippen MR) is 45.2 cm³/mol. The van der Waals surface area contributed by atoms with Gasteiger partial charge in [0.2, 0.25) is 5.91 Å². The van der Waals surface area contributed by atoms with Crippen LogP contribution >= 0.6 is 0 Å². The van der Waals surface area contributed by atoms with Crippen LogP contribution in [0.2, 0.25) is 0 Å². The van der Waals surface area contributed by atoms with Gasteiger partial charge in [-0.15, -0.1) is 0 Å². The maximum atomic E-state index is 11.5. The highest BCUT2D eigenvalue weighted by Gasteiger charge is 2.34. The number of sulfone groups is 1. The van der Waals surface area contributed by atoms with Gasteiger partial charge < -0.3 is 5.32 Å². The summed E-state index contributed by atoms with van der Waals surface area (Å²) in [5.74, 6) is -0.163. The summed E-state index contributed by atoms with van der Waals surface area (Å²) in [6.07, 6.45) is 0.746. The topological polar surface area (TPSA) is 63.2 Å². The molecule has 0 radical (unpaired) electrons. The van der Waals surface area contributed by atoms with Gasteiger partial charge in [-0.05, 0) is 20.3 Å². The molecule has 1 aliphatic heterocycles. The Morgan fingerprint density at radius 1 is 1.50 bits per heavy atom. The van der Waals surface area contributed by atoms with E-state index in [0.29, 0.717) is 12.8 Å². The van der Waals surface area contributed by atoms with Crippen LogP contribution in [-0.4, -0.2) is 24.9 Å². The third-order valence-electron chi connectivity index (χ3n) is 2.01. The lowest BCUT2D eigenvalue weighted by atomic mass is 10.4. The Labute approximate surface area is 72.3 Å². The van der Waals surface area contributed by atoms with Crippen molar-refractivity contribution < 1.29 is 13.2 Å². The van der Waals surface area contributed by atoms with Crippen LogP contribution in [-0.2, 0) is 14.6 Å². The second kappa shape index (κ2) is 3.05. The molecule has 12 heavy (non-hydrogen) atoms. The second-order valence-corrected chi connectivity index (χ2v) is 5.92. The van der Waals surface area contributed by atoms with Gasteiger partial charge in [0.25, 0.3) is 0 Å². The van der Waals surface area contributed by atoms with Crippen LogP contribution in [0.3, 0.4) is 0 Å². The molecule has 5 heteroatoms.